The molecule has 37 heavy (non-hydrogen) atoms. The first kappa shape index (κ1) is 27.5. The average Bonchev–Trinajstić information content (AvgIpc) is 2.81. The number of esters is 4. The van der Waals surface area contributed by atoms with Crippen LogP contribution < -0.4 is 9.47 Å². The number of hydrogen-bond donors (Lipinski definition) is 0. The summed E-state index contributed by atoms with van der Waals surface area (Å²) in [6.45, 7) is 4.29. The van der Waals surface area contributed by atoms with Gasteiger partial charge in [0.15, 0.2) is 12.2 Å². The minimum Gasteiger partial charge on any atom is -0.463 e. The van der Waals surface area contributed by atoms with E-state index in [2.05, 4.69) is 0 Å². The van der Waals surface area contributed by atoms with Crippen LogP contribution in [0.25, 0.3) is 0 Å². The van der Waals surface area contributed by atoms with Crippen molar-refractivity contribution in [2.75, 3.05) is 6.61 Å². The molecule has 1 aliphatic rings. The summed E-state index contributed by atoms with van der Waals surface area (Å²) in [4.78, 5) is 47.2. The lowest BCUT2D eigenvalue weighted by atomic mass is 9.98. The van der Waals surface area contributed by atoms with Crippen LogP contribution in [0.5, 0.6) is 17.2 Å². The smallest absolute Gasteiger partial charge is 0.303 e. The molecule has 0 spiro atoms. The van der Waals surface area contributed by atoms with Crippen molar-refractivity contribution in [2.24, 2.45) is 0 Å². The van der Waals surface area contributed by atoms with Crippen molar-refractivity contribution in [3.63, 3.8) is 0 Å². The van der Waals surface area contributed by atoms with E-state index < -0.39 is 54.6 Å². The number of para-hydroxylation sites is 1. The summed E-state index contributed by atoms with van der Waals surface area (Å²) in [6, 6.07) is 15.7. The monoisotopic (exact) mass is 516 g/mol. The maximum absolute atomic E-state index is 12.0. The number of benzene rings is 2. The Morgan fingerprint density at radius 2 is 1.24 bits per heavy atom. The van der Waals surface area contributed by atoms with Crippen molar-refractivity contribution < 1.29 is 52.3 Å². The first-order chi connectivity index (χ1) is 17.6. The lowest BCUT2D eigenvalue weighted by molar-refractivity contribution is -0.288. The van der Waals surface area contributed by atoms with Crippen LogP contribution in [-0.2, 0) is 42.9 Å². The van der Waals surface area contributed by atoms with E-state index in [9.17, 15) is 19.2 Å². The minimum atomic E-state index is -1.34. The van der Waals surface area contributed by atoms with Crippen molar-refractivity contribution >= 4 is 23.9 Å². The summed E-state index contributed by atoms with van der Waals surface area (Å²) in [7, 11) is 0. The van der Waals surface area contributed by atoms with Crippen molar-refractivity contribution in [3.05, 3.63) is 54.6 Å². The Morgan fingerprint density at radius 3 is 1.86 bits per heavy atom. The number of hydrogen-bond acceptors (Lipinski definition) is 11. The molecule has 0 aliphatic carbocycles. The van der Waals surface area contributed by atoms with E-state index in [1.807, 2.05) is 18.2 Å². The molecule has 2 aromatic carbocycles. The molecule has 1 fully saturated rings. The summed E-state index contributed by atoms with van der Waals surface area (Å²) >= 11 is 0. The van der Waals surface area contributed by atoms with Gasteiger partial charge in [-0.2, -0.15) is 0 Å². The molecule has 3 rings (SSSR count). The van der Waals surface area contributed by atoms with Crippen molar-refractivity contribution in [2.45, 2.75) is 58.4 Å². The highest BCUT2D eigenvalue weighted by Crippen LogP contribution is 2.32. The van der Waals surface area contributed by atoms with Crippen LogP contribution in [0.1, 0.15) is 27.7 Å². The Bertz CT molecular complexity index is 1100. The van der Waals surface area contributed by atoms with Gasteiger partial charge in [0.2, 0.25) is 12.4 Å². The Morgan fingerprint density at radius 1 is 0.676 bits per heavy atom. The van der Waals surface area contributed by atoms with E-state index in [0.29, 0.717) is 11.5 Å². The maximum atomic E-state index is 12.0. The van der Waals surface area contributed by atoms with E-state index in [1.165, 1.54) is 6.92 Å². The molecular formula is C26H28O11. The van der Waals surface area contributed by atoms with Gasteiger partial charge in [0.25, 0.3) is 0 Å². The summed E-state index contributed by atoms with van der Waals surface area (Å²) in [6.07, 6.45) is -6.38. The molecule has 5 atom stereocenters. The fourth-order valence-corrected chi connectivity index (χ4v) is 3.65. The van der Waals surface area contributed by atoms with Gasteiger partial charge in [-0.3, -0.25) is 19.2 Å². The summed E-state index contributed by atoms with van der Waals surface area (Å²) < 4.78 is 39.0. The second-order valence-corrected chi connectivity index (χ2v) is 8.08. The third-order valence-corrected chi connectivity index (χ3v) is 4.98. The molecule has 0 N–H and O–H groups in total. The molecule has 11 nitrogen and oxygen atoms in total. The molecule has 198 valence electrons. The number of carbonyl (C=O) groups excluding carboxylic acids is 4. The standard InChI is InChI=1S/C26H28O11/c1-15(27)31-14-22-23(32-16(2)28)24(33-17(3)29)25(34-18(4)30)26(37-22)36-21-12-8-11-20(13-21)35-19-9-6-5-7-10-19/h5-13,22-26H,14H2,1-4H3/t22-,23-,24+,25-,26-/m0/s1. The second-order valence-electron chi connectivity index (χ2n) is 8.08. The van der Waals surface area contributed by atoms with E-state index in [4.69, 9.17) is 33.2 Å². The Hall–Kier alpha value is -4.12. The topological polar surface area (TPSA) is 133 Å². The van der Waals surface area contributed by atoms with Crippen LogP contribution in [0, 0.1) is 0 Å². The number of carbonyl (C=O) groups is 4. The van der Waals surface area contributed by atoms with Gasteiger partial charge in [0.05, 0.1) is 0 Å². The summed E-state index contributed by atoms with van der Waals surface area (Å²) in [5.41, 5.74) is 0. The van der Waals surface area contributed by atoms with Gasteiger partial charge in [-0.05, 0) is 24.3 Å². The van der Waals surface area contributed by atoms with Gasteiger partial charge in [-0.25, -0.2) is 0 Å². The van der Waals surface area contributed by atoms with Gasteiger partial charge >= 0.3 is 23.9 Å². The zero-order chi connectivity index (χ0) is 26.9. The Kier molecular flexibility index (Phi) is 9.45. The Labute approximate surface area is 213 Å². The van der Waals surface area contributed by atoms with Crippen molar-refractivity contribution in [1.29, 1.82) is 0 Å². The minimum absolute atomic E-state index is 0.273. The highest BCUT2D eigenvalue weighted by Gasteiger charge is 2.53. The summed E-state index contributed by atoms with van der Waals surface area (Å²) in [5, 5.41) is 0. The van der Waals surface area contributed by atoms with Crippen LogP contribution in [0.2, 0.25) is 0 Å². The molecule has 0 radical (unpaired) electrons. The van der Waals surface area contributed by atoms with Crippen molar-refractivity contribution in [1.82, 2.24) is 0 Å². The molecule has 0 aromatic heterocycles. The molecular weight excluding hydrogens is 488 g/mol. The lowest BCUT2D eigenvalue weighted by Gasteiger charge is -2.43. The predicted octanol–water partition coefficient (Wildman–Crippen LogP) is 2.94. The van der Waals surface area contributed by atoms with Crippen LogP contribution in [-0.4, -0.2) is 61.2 Å². The van der Waals surface area contributed by atoms with E-state index in [0.717, 1.165) is 20.8 Å². The zero-order valence-corrected chi connectivity index (χ0v) is 20.8. The molecule has 2 aromatic rings. The average molecular weight is 516 g/mol. The van der Waals surface area contributed by atoms with Gasteiger partial charge in [0.1, 0.15) is 30.0 Å². The van der Waals surface area contributed by atoms with Gasteiger partial charge in [-0.15, -0.1) is 0 Å². The highest BCUT2D eigenvalue weighted by atomic mass is 16.7. The van der Waals surface area contributed by atoms with Crippen LogP contribution >= 0.6 is 0 Å². The lowest BCUT2D eigenvalue weighted by Crippen LogP contribution is -2.63. The largest absolute Gasteiger partial charge is 0.463 e. The van der Waals surface area contributed by atoms with Crippen LogP contribution in [0.3, 0.4) is 0 Å². The van der Waals surface area contributed by atoms with Gasteiger partial charge in [-0.1, -0.05) is 24.3 Å². The molecule has 1 heterocycles. The first-order valence-corrected chi connectivity index (χ1v) is 11.4. The normalized spacial score (nSPS) is 22.8. The van der Waals surface area contributed by atoms with Gasteiger partial charge < -0.3 is 33.2 Å². The predicted molar refractivity (Wildman–Crippen MR) is 126 cm³/mol. The molecule has 0 amide bonds. The molecule has 1 aliphatic heterocycles. The zero-order valence-electron chi connectivity index (χ0n) is 20.8. The summed E-state index contributed by atoms with van der Waals surface area (Å²) in [5.74, 6) is -1.45. The van der Waals surface area contributed by atoms with Crippen LogP contribution in [0.4, 0.5) is 0 Å². The molecule has 1 saturated heterocycles. The number of rotatable bonds is 9. The van der Waals surface area contributed by atoms with Crippen LogP contribution in [0.15, 0.2) is 54.6 Å². The third-order valence-electron chi connectivity index (χ3n) is 4.98. The maximum Gasteiger partial charge on any atom is 0.303 e. The van der Waals surface area contributed by atoms with E-state index >= 15 is 0 Å². The molecule has 0 bridgehead atoms. The van der Waals surface area contributed by atoms with Gasteiger partial charge in [0, 0.05) is 33.8 Å². The van der Waals surface area contributed by atoms with E-state index in [1.54, 1.807) is 36.4 Å². The number of ether oxygens (including phenoxy) is 7. The highest BCUT2D eigenvalue weighted by molar-refractivity contribution is 5.68. The quantitative estimate of drug-likeness (QED) is 0.360. The fourth-order valence-electron chi connectivity index (χ4n) is 3.65. The first-order valence-electron chi connectivity index (χ1n) is 11.4. The molecule has 0 unspecified atom stereocenters. The molecule has 0 saturated carbocycles. The van der Waals surface area contributed by atoms with E-state index in [-0.39, 0.29) is 12.4 Å². The second kappa shape index (κ2) is 12.7. The third kappa shape index (κ3) is 8.21. The fraction of sp³-hybridized carbons (Fsp3) is 0.385. The molecule has 11 heteroatoms. The van der Waals surface area contributed by atoms with Crippen molar-refractivity contribution in [3.8, 4) is 17.2 Å². The SMILES string of the molecule is CC(=O)OC[C@@H]1O[C@H](Oc2cccc(Oc3ccccc3)c2)[C@@H](OC(C)=O)[C@H](OC(C)=O)[C@H]1OC(C)=O. The Balaban J connectivity index is 1.93.